The molecule has 0 aliphatic heterocycles. The summed E-state index contributed by atoms with van der Waals surface area (Å²) in [6.45, 7) is 0. The molecule has 16 heavy (non-hydrogen) atoms. The molecule has 2 aromatic rings. The molecule has 0 atom stereocenters. The lowest BCUT2D eigenvalue weighted by atomic mass is 10.1. The summed E-state index contributed by atoms with van der Waals surface area (Å²) in [7, 11) is 0. The smallest absolute Gasteiger partial charge is 0.168 e. The molecule has 1 aromatic heterocycles. The zero-order valence-electron chi connectivity index (χ0n) is 8.24. The summed E-state index contributed by atoms with van der Waals surface area (Å²) in [5, 5.41) is 3.87. The first-order valence-electron chi connectivity index (χ1n) is 4.66. The predicted molar refractivity (Wildman–Crippen MR) is 66.5 cm³/mol. The molecule has 1 nitrogen and oxygen atoms in total. The van der Waals surface area contributed by atoms with E-state index in [-0.39, 0.29) is 11.6 Å². The van der Waals surface area contributed by atoms with E-state index >= 15 is 0 Å². The summed E-state index contributed by atoms with van der Waals surface area (Å²) in [6, 6.07) is 6.03. The molecule has 2 rings (SSSR count). The van der Waals surface area contributed by atoms with E-state index in [1.54, 1.807) is 11.3 Å². The van der Waals surface area contributed by atoms with Gasteiger partial charge in [0.05, 0.1) is 0 Å². The number of hydrogen-bond donors (Lipinski definition) is 0. The van der Waals surface area contributed by atoms with Crippen LogP contribution in [0.25, 0.3) is 0 Å². The largest absolute Gasteiger partial charge is 0.294 e. The first kappa shape index (κ1) is 11.5. The minimum absolute atomic E-state index is 0.00900. The molecule has 0 aliphatic carbocycles. The van der Waals surface area contributed by atoms with E-state index in [9.17, 15) is 9.18 Å². The Morgan fingerprint density at radius 1 is 1.38 bits per heavy atom. The number of rotatable bonds is 3. The van der Waals surface area contributed by atoms with Crippen LogP contribution in [0.2, 0.25) is 0 Å². The third-order valence-electron chi connectivity index (χ3n) is 2.18. The molecule has 0 N–H and O–H groups in total. The van der Waals surface area contributed by atoms with Crippen LogP contribution in [0.15, 0.2) is 39.5 Å². The number of benzene rings is 1. The van der Waals surface area contributed by atoms with Crippen molar-refractivity contribution in [3.8, 4) is 0 Å². The van der Waals surface area contributed by atoms with Crippen molar-refractivity contribution in [1.29, 1.82) is 0 Å². The molecule has 0 fully saturated rings. The van der Waals surface area contributed by atoms with Crippen molar-refractivity contribution in [3.63, 3.8) is 0 Å². The van der Waals surface area contributed by atoms with Crippen molar-refractivity contribution in [3.05, 3.63) is 56.4 Å². The van der Waals surface area contributed by atoms with Gasteiger partial charge in [0.25, 0.3) is 0 Å². The van der Waals surface area contributed by atoms with Crippen molar-refractivity contribution in [2.45, 2.75) is 6.42 Å². The molecular formula is C12H8BrFOS. The summed E-state index contributed by atoms with van der Waals surface area (Å²) in [5.41, 5.74) is 1.51. The maximum atomic E-state index is 12.8. The van der Waals surface area contributed by atoms with Gasteiger partial charge in [-0.2, -0.15) is 11.3 Å². The number of halogens is 2. The van der Waals surface area contributed by atoms with Crippen LogP contribution >= 0.6 is 27.3 Å². The Kier molecular flexibility index (Phi) is 3.51. The standard InChI is InChI=1S/C12H8BrFOS/c13-11-6-9(14)1-2-10(11)12(15)5-8-3-4-16-7-8/h1-4,6-7H,5H2. The van der Waals surface area contributed by atoms with E-state index in [0.29, 0.717) is 16.5 Å². The average Bonchev–Trinajstić information content (AvgIpc) is 2.70. The highest BCUT2D eigenvalue weighted by Crippen LogP contribution is 2.20. The second-order valence-corrected chi connectivity index (χ2v) is 4.99. The summed E-state index contributed by atoms with van der Waals surface area (Å²) < 4.78 is 13.4. The third-order valence-corrected chi connectivity index (χ3v) is 3.56. The molecule has 0 saturated carbocycles. The Hall–Kier alpha value is -1.00. The fraction of sp³-hybridized carbons (Fsp3) is 0.0833. The average molecular weight is 299 g/mol. The van der Waals surface area contributed by atoms with E-state index in [2.05, 4.69) is 15.9 Å². The fourth-order valence-corrected chi connectivity index (χ4v) is 2.63. The van der Waals surface area contributed by atoms with Crippen LogP contribution in [0.5, 0.6) is 0 Å². The van der Waals surface area contributed by atoms with Gasteiger partial charge < -0.3 is 0 Å². The second kappa shape index (κ2) is 4.89. The Balaban J connectivity index is 2.21. The lowest BCUT2D eigenvalue weighted by Gasteiger charge is -2.02. The van der Waals surface area contributed by atoms with E-state index in [4.69, 9.17) is 0 Å². The molecule has 0 unspecified atom stereocenters. The van der Waals surface area contributed by atoms with Crippen LogP contribution < -0.4 is 0 Å². The number of carbonyl (C=O) groups is 1. The van der Waals surface area contributed by atoms with Crippen LogP contribution in [-0.2, 0) is 6.42 Å². The van der Waals surface area contributed by atoms with E-state index < -0.39 is 0 Å². The van der Waals surface area contributed by atoms with Crippen molar-refractivity contribution in [2.24, 2.45) is 0 Å². The quantitative estimate of drug-likeness (QED) is 0.781. The minimum Gasteiger partial charge on any atom is -0.294 e. The lowest BCUT2D eigenvalue weighted by molar-refractivity contribution is 0.0992. The van der Waals surface area contributed by atoms with Crippen LogP contribution in [0.3, 0.4) is 0 Å². The number of hydrogen-bond acceptors (Lipinski definition) is 2. The Labute approximate surface area is 105 Å². The first-order valence-corrected chi connectivity index (χ1v) is 6.40. The van der Waals surface area contributed by atoms with E-state index in [1.807, 2.05) is 16.8 Å². The molecule has 0 bridgehead atoms. The fourth-order valence-electron chi connectivity index (χ4n) is 1.39. The molecule has 0 saturated heterocycles. The zero-order chi connectivity index (χ0) is 11.5. The second-order valence-electron chi connectivity index (χ2n) is 3.36. The minimum atomic E-state index is -0.348. The molecule has 0 radical (unpaired) electrons. The number of ketones is 1. The molecule has 82 valence electrons. The molecular weight excluding hydrogens is 291 g/mol. The Morgan fingerprint density at radius 2 is 2.19 bits per heavy atom. The van der Waals surface area contributed by atoms with Crippen LogP contribution in [0.1, 0.15) is 15.9 Å². The maximum absolute atomic E-state index is 12.8. The summed E-state index contributed by atoms with van der Waals surface area (Å²) in [6.07, 6.45) is 0.355. The highest BCUT2D eigenvalue weighted by molar-refractivity contribution is 9.10. The van der Waals surface area contributed by atoms with Crippen molar-refractivity contribution in [1.82, 2.24) is 0 Å². The molecule has 1 aromatic carbocycles. The van der Waals surface area contributed by atoms with Crippen LogP contribution in [0.4, 0.5) is 4.39 Å². The van der Waals surface area contributed by atoms with Gasteiger partial charge in [-0.1, -0.05) is 0 Å². The van der Waals surface area contributed by atoms with E-state index in [0.717, 1.165) is 5.56 Å². The van der Waals surface area contributed by atoms with Crippen molar-refractivity contribution in [2.75, 3.05) is 0 Å². The van der Waals surface area contributed by atoms with Crippen molar-refractivity contribution < 1.29 is 9.18 Å². The first-order chi connectivity index (χ1) is 7.66. The number of Topliss-reactive ketones (excluding diaryl/α,β-unsaturated/α-hetero) is 1. The SMILES string of the molecule is O=C(Cc1ccsc1)c1ccc(F)cc1Br. The van der Waals surface area contributed by atoms with Gasteiger partial charge in [-0.3, -0.25) is 4.79 Å². The van der Waals surface area contributed by atoms with Crippen LogP contribution in [0, 0.1) is 5.82 Å². The normalized spacial score (nSPS) is 10.4. The van der Waals surface area contributed by atoms with Crippen LogP contribution in [-0.4, -0.2) is 5.78 Å². The summed E-state index contributed by atoms with van der Waals surface area (Å²) >= 11 is 4.75. The molecule has 0 amide bonds. The summed E-state index contributed by atoms with van der Waals surface area (Å²) in [4.78, 5) is 11.9. The molecule has 0 spiro atoms. The van der Waals surface area contributed by atoms with E-state index in [1.165, 1.54) is 18.2 Å². The lowest BCUT2D eigenvalue weighted by Crippen LogP contribution is -2.03. The van der Waals surface area contributed by atoms with Gasteiger partial charge in [-0.15, -0.1) is 0 Å². The maximum Gasteiger partial charge on any atom is 0.168 e. The summed E-state index contributed by atoms with van der Waals surface area (Å²) in [5.74, 6) is -0.357. The van der Waals surface area contributed by atoms with Gasteiger partial charge in [-0.25, -0.2) is 4.39 Å². The predicted octanol–water partition coefficient (Wildman–Crippen LogP) is 4.08. The number of carbonyl (C=O) groups excluding carboxylic acids is 1. The highest BCUT2D eigenvalue weighted by atomic mass is 79.9. The van der Waals surface area contributed by atoms with Gasteiger partial charge in [0.2, 0.25) is 0 Å². The van der Waals surface area contributed by atoms with Gasteiger partial charge in [0.1, 0.15) is 5.82 Å². The van der Waals surface area contributed by atoms with Gasteiger partial charge in [0.15, 0.2) is 5.78 Å². The molecule has 0 aliphatic rings. The van der Waals surface area contributed by atoms with Crippen molar-refractivity contribution >= 4 is 33.0 Å². The topological polar surface area (TPSA) is 17.1 Å². The molecule has 1 heterocycles. The Bertz CT molecular complexity index is 508. The van der Waals surface area contributed by atoms with Gasteiger partial charge in [-0.05, 0) is 56.5 Å². The third kappa shape index (κ3) is 2.57. The highest BCUT2D eigenvalue weighted by Gasteiger charge is 2.11. The monoisotopic (exact) mass is 298 g/mol. The number of thiophene rings is 1. The van der Waals surface area contributed by atoms with Gasteiger partial charge in [0, 0.05) is 16.5 Å². The zero-order valence-corrected chi connectivity index (χ0v) is 10.6. The van der Waals surface area contributed by atoms with Gasteiger partial charge >= 0.3 is 0 Å². The molecule has 4 heteroatoms. The Morgan fingerprint density at radius 3 is 2.81 bits per heavy atom.